The van der Waals surface area contributed by atoms with E-state index >= 15 is 0 Å². The zero-order valence-electron chi connectivity index (χ0n) is 11.3. The van der Waals surface area contributed by atoms with Gasteiger partial charge in [-0.25, -0.2) is 0 Å². The summed E-state index contributed by atoms with van der Waals surface area (Å²) in [4.78, 5) is 2.98. The van der Waals surface area contributed by atoms with Gasteiger partial charge in [-0.2, -0.15) is 0 Å². The predicted octanol–water partition coefficient (Wildman–Crippen LogP) is 4.45. The van der Waals surface area contributed by atoms with Gasteiger partial charge in [-0.1, -0.05) is 33.6 Å². The topological polar surface area (TPSA) is 12.0 Å². The summed E-state index contributed by atoms with van der Waals surface area (Å²) in [5.74, 6) is 0.761. The van der Waals surface area contributed by atoms with Crippen LogP contribution < -0.4 is 5.32 Å². The Hall–Kier alpha value is -0.340. The highest BCUT2D eigenvalue weighted by molar-refractivity contribution is 7.12. The smallest absolute Gasteiger partial charge is 0.0443 e. The lowest BCUT2D eigenvalue weighted by atomic mass is 9.92. The molecule has 1 N–H and O–H groups in total. The first-order valence-electron chi connectivity index (χ1n) is 6.44. The van der Waals surface area contributed by atoms with Crippen LogP contribution >= 0.6 is 11.3 Å². The maximum atomic E-state index is 3.65. The zero-order valence-corrected chi connectivity index (χ0v) is 12.1. The number of aryl methyl sites for hydroxylation is 2. The monoisotopic (exact) mass is 239 g/mol. The van der Waals surface area contributed by atoms with Crippen molar-refractivity contribution in [1.29, 1.82) is 0 Å². The summed E-state index contributed by atoms with van der Waals surface area (Å²) in [6, 6.07) is 2.92. The van der Waals surface area contributed by atoms with Crippen LogP contribution in [0.1, 0.15) is 55.0 Å². The summed E-state index contributed by atoms with van der Waals surface area (Å²) in [6.45, 7) is 12.3. The van der Waals surface area contributed by atoms with Gasteiger partial charge in [0.15, 0.2) is 0 Å². The molecule has 0 saturated carbocycles. The summed E-state index contributed by atoms with van der Waals surface area (Å²) in [7, 11) is 0. The third-order valence-corrected chi connectivity index (χ3v) is 4.67. The molecular formula is C14H25NS. The lowest BCUT2D eigenvalue weighted by Crippen LogP contribution is -2.27. The van der Waals surface area contributed by atoms with E-state index in [0.29, 0.717) is 6.04 Å². The van der Waals surface area contributed by atoms with E-state index in [1.807, 2.05) is 11.3 Å². The molecule has 1 unspecified atom stereocenters. The molecule has 16 heavy (non-hydrogen) atoms. The average molecular weight is 239 g/mol. The van der Waals surface area contributed by atoms with E-state index in [4.69, 9.17) is 0 Å². The Balaban J connectivity index is 2.91. The Morgan fingerprint density at radius 3 is 2.19 bits per heavy atom. The molecule has 0 aromatic carbocycles. The third-order valence-electron chi connectivity index (χ3n) is 3.44. The summed E-state index contributed by atoms with van der Waals surface area (Å²) in [5, 5.41) is 3.65. The number of hydrogen-bond donors (Lipinski definition) is 1. The Bertz CT molecular complexity index is 293. The standard InChI is InChI=1S/C14H25NS/c1-6-12(7-2)14(15-8-3)13-9-10(4)11(5)16-13/h9,12,14-15H,6-8H2,1-5H3. The normalized spacial score (nSPS) is 13.4. The van der Waals surface area contributed by atoms with Crippen molar-refractivity contribution in [3.05, 3.63) is 21.4 Å². The van der Waals surface area contributed by atoms with Gasteiger partial charge >= 0.3 is 0 Å². The van der Waals surface area contributed by atoms with Gasteiger partial charge in [0.1, 0.15) is 0 Å². The van der Waals surface area contributed by atoms with Crippen molar-refractivity contribution in [2.75, 3.05) is 6.54 Å². The summed E-state index contributed by atoms with van der Waals surface area (Å²) in [5.41, 5.74) is 1.44. The molecule has 0 aliphatic rings. The van der Waals surface area contributed by atoms with E-state index in [9.17, 15) is 0 Å². The first kappa shape index (κ1) is 13.7. The molecule has 0 aliphatic heterocycles. The molecule has 2 heteroatoms. The van der Waals surface area contributed by atoms with Crippen molar-refractivity contribution >= 4 is 11.3 Å². The average Bonchev–Trinajstić information content (AvgIpc) is 2.59. The van der Waals surface area contributed by atoms with E-state index in [1.165, 1.54) is 28.2 Å². The van der Waals surface area contributed by atoms with E-state index in [1.54, 1.807) is 0 Å². The maximum Gasteiger partial charge on any atom is 0.0443 e. The molecule has 1 nitrogen and oxygen atoms in total. The SMILES string of the molecule is CCNC(c1cc(C)c(C)s1)C(CC)CC. The van der Waals surface area contributed by atoms with Crippen LogP contribution in [0.5, 0.6) is 0 Å². The fourth-order valence-electron chi connectivity index (χ4n) is 2.23. The number of hydrogen-bond acceptors (Lipinski definition) is 2. The molecule has 0 bridgehead atoms. The molecule has 1 heterocycles. The minimum absolute atomic E-state index is 0.553. The minimum Gasteiger partial charge on any atom is -0.309 e. The van der Waals surface area contributed by atoms with Crippen LogP contribution in [-0.4, -0.2) is 6.54 Å². The van der Waals surface area contributed by atoms with Crippen LogP contribution in [0.25, 0.3) is 0 Å². The molecule has 0 amide bonds. The maximum absolute atomic E-state index is 3.65. The Labute approximate surface area is 104 Å². The largest absolute Gasteiger partial charge is 0.309 e. The lowest BCUT2D eigenvalue weighted by Gasteiger charge is -2.25. The second-order valence-corrected chi connectivity index (χ2v) is 5.79. The van der Waals surface area contributed by atoms with E-state index in [-0.39, 0.29) is 0 Å². The van der Waals surface area contributed by atoms with Gasteiger partial charge < -0.3 is 5.32 Å². The zero-order chi connectivity index (χ0) is 12.1. The van der Waals surface area contributed by atoms with Crippen molar-refractivity contribution < 1.29 is 0 Å². The molecule has 1 rings (SSSR count). The molecule has 0 fully saturated rings. The van der Waals surface area contributed by atoms with Gasteiger partial charge in [0.25, 0.3) is 0 Å². The second kappa shape index (κ2) is 6.41. The summed E-state index contributed by atoms with van der Waals surface area (Å²) in [6.07, 6.45) is 2.51. The molecule has 1 atom stereocenters. The Morgan fingerprint density at radius 1 is 1.19 bits per heavy atom. The number of thiophene rings is 1. The second-order valence-electron chi connectivity index (χ2n) is 4.50. The predicted molar refractivity (Wildman–Crippen MR) is 74.3 cm³/mol. The fraction of sp³-hybridized carbons (Fsp3) is 0.714. The Morgan fingerprint density at radius 2 is 1.81 bits per heavy atom. The van der Waals surface area contributed by atoms with E-state index in [0.717, 1.165) is 12.5 Å². The molecule has 1 aromatic rings. The van der Waals surface area contributed by atoms with Gasteiger partial charge in [0.05, 0.1) is 0 Å². The molecular weight excluding hydrogens is 214 g/mol. The molecule has 0 radical (unpaired) electrons. The van der Waals surface area contributed by atoms with Crippen LogP contribution in [0.4, 0.5) is 0 Å². The third kappa shape index (κ3) is 3.08. The lowest BCUT2D eigenvalue weighted by molar-refractivity contribution is 0.351. The highest BCUT2D eigenvalue weighted by Crippen LogP contribution is 2.33. The molecule has 0 aliphatic carbocycles. The van der Waals surface area contributed by atoms with Gasteiger partial charge in [0, 0.05) is 15.8 Å². The molecule has 92 valence electrons. The van der Waals surface area contributed by atoms with E-state index < -0.39 is 0 Å². The van der Waals surface area contributed by atoms with Crippen molar-refractivity contribution in [2.24, 2.45) is 5.92 Å². The number of rotatable bonds is 6. The highest BCUT2D eigenvalue weighted by Gasteiger charge is 2.21. The summed E-state index contributed by atoms with van der Waals surface area (Å²) < 4.78 is 0. The van der Waals surface area contributed by atoms with Crippen molar-refractivity contribution in [3.8, 4) is 0 Å². The van der Waals surface area contributed by atoms with E-state index in [2.05, 4.69) is 46.0 Å². The van der Waals surface area contributed by atoms with Crippen LogP contribution in [0.3, 0.4) is 0 Å². The van der Waals surface area contributed by atoms with Crippen molar-refractivity contribution in [3.63, 3.8) is 0 Å². The first-order valence-corrected chi connectivity index (χ1v) is 7.25. The number of nitrogens with one attached hydrogen (secondary N) is 1. The van der Waals surface area contributed by atoms with Crippen molar-refractivity contribution in [1.82, 2.24) is 5.32 Å². The van der Waals surface area contributed by atoms with Gasteiger partial charge in [-0.15, -0.1) is 11.3 Å². The van der Waals surface area contributed by atoms with Crippen LogP contribution in [0.15, 0.2) is 6.07 Å². The van der Waals surface area contributed by atoms with Gasteiger partial charge in [-0.3, -0.25) is 0 Å². The summed E-state index contributed by atoms with van der Waals surface area (Å²) >= 11 is 1.96. The fourth-order valence-corrected chi connectivity index (χ4v) is 3.45. The molecule has 0 saturated heterocycles. The molecule has 0 spiro atoms. The minimum atomic E-state index is 0.553. The van der Waals surface area contributed by atoms with Crippen LogP contribution in [0.2, 0.25) is 0 Å². The van der Waals surface area contributed by atoms with Crippen LogP contribution in [0, 0.1) is 19.8 Å². The molecule has 1 aromatic heterocycles. The van der Waals surface area contributed by atoms with Gasteiger partial charge in [0.2, 0.25) is 0 Å². The quantitative estimate of drug-likeness (QED) is 0.773. The Kier molecular flexibility index (Phi) is 5.50. The van der Waals surface area contributed by atoms with Gasteiger partial charge in [-0.05, 0) is 37.9 Å². The first-order chi connectivity index (χ1) is 7.63. The van der Waals surface area contributed by atoms with Crippen LogP contribution in [-0.2, 0) is 0 Å². The van der Waals surface area contributed by atoms with Crippen molar-refractivity contribution in [2.45, 2.75) is 53.5 Å². The highest BCUT2D eigenvalue weighted by atomic mass is 32.1.